The highest BCUT2D eigenvalue weighted by Crippen LogP contribution is 2.33. The predicted molar refractivity (Wildman–Crippen MR) is 93.0 cm³/mol. The van der Waals surface area contributed by atoms with Crippen molar-refractivity contribution in [1.29, 1.82) is 0 Å². The van der Waals surface area contributed by atoms with Crippen LogP contribution in [0.25, 0.3) is 0 Å². The van der Waals surface area contributed by atoms with Crippen LogP contribution in [0.15, 0.2) is 23.1 Å². The first-order valence-electron chi connectivity index (χ1n) is 7.85. The van der Waals surface area contributed by atoms with E-state index in [4.69, 9.17) is 11.6 Å². The maximum Gasteiger partial charge on any atom is 0.426 e. The third kappa shape index (κ3) is 4.54. The number of hydrogen-bond acceptors (Lipinski definition) is 5. The molecule has 1 aromatic rings. The summed E-state index contributed by atoms with van der Waals surface area (Å²) < 4.78 is 64.7. The fourth-order valence-electron chi connectivity index (χ4n) is 2.31. The SMILES string of the molecule is CN1CCN(S(=O)(=O)c2ccc(NC(=O)C(C)(O)C(F)(F)F)c(Cl)c2)CC1. The predicted octanol–water partition coefficient (Wildman–Crippen LogP) is 1.53. The highest BCUT2D eigenvalue weighted by molar-refractivity contribution is 7.89. The molecule has 0 radical (unpaired) electrons. The van der Waals surface area contributed by atoms with Crippen LogP contribution in [0.3, 0.4) is 0 Å². The molecule has 2 rings (SSSR count). The molecule has 0 spiro atoms. The fourth-order valence-corrected chi connectivity index (χ4v) is 4.05. The summed E-state index contributed by atoms with van der Waals surface area (Å²) in [5.74, 6) is -1.73. The first-order chi connectivity index (χ1) is 12.3. The van der Waals surface area contributed by atoms with Gasteiger partial charge in [0.25, 0.3) is 5.91 Å². The number of carbonyl (C=O) groups is 1. The van der Waals surface area contributed by atoms with Crippen LogP contribution in [-0.4, -0.2) is 73.6 Å². The summed E-state index contributed by atoms with van der Waals surface area (Å²) in [5, 5.41) is 11.0. The Hall–Kier alpha value is -1.40. The molecule has 12 heteroatoms. The number of nitrogens with one attached hydrogen (secondary N) is 1. The largest absolute Gasteiger partial charge is 0.426 e. The lowest BCUT2D eigenvalue weighted by atomic mass is 10.1. The number of alkyl halides is 3. The molecule has 1 saturated heterocycles. The van der Waals surface area contributed by atoms with Crippen LogP contribution in [0.4, 0.5) is 18.9 Å². The summed E-state index contributed by atoms with van der Waals surface area (Å²) in [6, 6.07) is 3.26. The minimum absolute atomic E-state index is 0.141. The molecule has 1 unspecified atom stereocenters. The number of carbonyl (C=O) groups excluding carboxylic acids is 1. The van der Waals surface area contributed by atoms with Gasteiger partial charge in [-0.15, -0.1) is 0 Å². The van der Waals surface area contributed by atoms with Crippen LogP contribution < -0.4 is 5.32 Å². The molecule has 0 aromatic heterocycles. The van der Waals surface area contributed by atoms with E-state index in [-0.39, 0.29) is 15.6 Å². The lowest BCUT2D eigenvalue weighted by molar-refractivity contribution is -0.242. The Morgan fingerprint density at radius 3 is 2.26 bits per heavy atom. The van der Waals surface area contributed by atoms with Crippen molar-refractivity contribution in [2.45, 2.75) is 23.6 Å². The van der Waals surface area contributed by atoms with Gasteiger partial charge < -0.3 is 15.3 Å². The van der Waals surface area contributed by atoms with E-state index in [0.29, 0.717) is 33.1 Å². The van der Waals surface area contributed by atoms with Crippen molar-refractivity contribution in [3.63, 3.8) is 0 Å². The Balaban J connectivity index is 2.22. The molecule has 1 aliphatic rings. The van der Waals surface area contributed by atoms with E-state index in [9.17, 15) is 31.5 Å². The lowest BCUT2D eigenvalue weighted by Gasteiger charge is -2.31. The number of amides is 1. The van der Waals surface area contributed by atoms with Gasteiger partial charge in [0.1, 0.15) is 0 Å². The molecule has 152 valence electrons. The Kier molecular flexibility index (Phi) is 6.12. The number of nitrogens with zero attached hydrogens (tertiary/aromatic N) is 2. The number of benzene rings is 1. The standard InChI is InChI=1S/C15H19ClF3N3O4S/c1-14(24,15(17,18)19)13(23)20-12-4-3-10(9-11(12)16)27(25,26)22-7-5-21(2)6-8-22/h3-4,9,24H,5-8H2,1-2H3,(H,20,23). The average molecular weight is 430 g/mol. The van der Waals surface area contributed by atoms with Crippen molar-refractivity contribution in [2.24, 2.45) is 0 Å². The Labute approximate surface area is 159 Å². The molecule has 7 nitrogen and oxygen atoms in total. The van der Waals surface area contributed by atoms with Crippen LogP contribution >= 0.6 is 11.6 Å². The Bertz CT molecular complexity index is 822. The minimum Gasteiger partial charge on any atom is -0.373 e. The van der Waals surface area contributed by atoms with Crippen molar-refractivity contribution in [3.8, 4) is 0 Å². The topological polar surface area (TPSA) is 90.0 Å². The second kappa shape index (κ2) is 7.55. The number of likely N-dealkylation sites (N-methyl/N-ethyl adjacent to an activating group) is 1. The third-order valence-corrected chi connectivity index (χ3v) is 6.49. The summed E-state index contributed by atoms with van der Waals surface area (Å²) >= 11 is 5.94. The molecule has 1 heterocycles. The highest BCUT2D eigenvalue weighted by atomic mass is 35.5. The van der Waals surface area contributed by atoms with Gasteiger partial charge in [-0.05, 0) is 32.2 Å². The van der Waals surface area contributed by atoms with Gasteiger partial charge in [0, 0.05) is 26.2 Å². The molecule has 0 bridgehead atoms. The van der Waals surface area contributed by atoms with E-state index in [1.807, 2.05) is 17.3 Å². The minimum atomic E-state index is -5.19. The van der Waals surface area contributed by atoms with Crippen LogP contribution in [-0.2, 0) is 14.8 Å². The summed E-state index contributed by atoms with van der Waals surface area (Å²) in [4.78, 5) is 13.6. The van der Waals surface area contributed by atoms with Crippen LogP contribution in [0.2, 0.25) is 5.02 Å². The third-order valence-electron chi connectivity index (χ3n) is 4.28. The molecule has 1 aromatic carbocycles. The van der Waals surface area contributed by atoms with Crippen LogP contribution in [0, 0.1) is 0 Å². The zero-order valence-electron chi connectivity index (χ0n) is 14.5. The summed E-state index contributed by atoms with van der Waals surface area (Å²) in [6.45, 7) is 2.02. The maximum atomic E-state index is 12.7. The van der Waals surface area contributed by atoms with E-state index in [0.717, 1.165) is 18.2 Å². The number of hydrogen-bond donors (Lipinski definition) is 2. The van der Waals surface area contributed by atoms with E-state index < -0.39 is 27.7 Å². The molecule has 0 saturated carbocycles. The zero-order chi connectivity index (χ0) is 20.6. The van der Waals surface area contributed by atoms with Crippen molar-refractivity contribution < 1.29 is 31.5 Å². The number of piperazine rings is 1. The molecular formula is C15H19ClF3N3O4S. The van der Waals surface area contributed by atoms with E-state index in [2.05, 4.69) is 0 Å². The fraction of sp³-hybridized carbons (Fsp3) is 0.533. The van der Waals surface area contributed by atoms with E-state index >= 15 is 0 Å². The van der Waals surface area contributed by atoms with Gasteiger partial charge in [-0.2, -0.15) is 17.5 Å². The summed E-state index contributed by atoms with van der Waals surface area (Å²) in [5.41, 5.74) is -3.87. The number of aliphatic hydroxyl groups is 1. The Morgan fingerprint density at radius 1 is 1.22 bits per heavy atom. The van der Waals surface area contributed by atoms with Gasteiger partial charge in [-0.1, -0.05) is 11.6 Å². The molecule has 1 atom stereocenters. The van der Waals surface area contributed by atoms with Crippen molar-refractivity contribution >= 4 is 33.2 Å². The smallest absolute Gasteiger partial charge is 0.373 e. The van der Waals surface area contributed by atoms with Gasteiger partial charge >= 0.3 is 6.18 Å². The first-order valence-corrected chi connectivity index (χ1v) is 9.67. The van der Waals surface area contributed by atoms with Gasteiger partial charge in [0.05, 0.1) is 15.6 Å². The molecule has 1 aliphatic heterocycles. The molecular weight excluding hydrogens is 411 g/mol. The van der Waals surface area contributed by atoms with E-state index in [1.54, 1.807) is 0 Å². The summed E-state index contributed by atoms with van der Waals surface area (Å²) in [6.07, 6.45) is -5.19. The monoisotopic (exact) mass is 429 g/mol. The van der Waals surface area contributed by atoms with Crippen molar-refractivity contribution in [3.05, 3.63) is 23.2 Å². The van der Waals surface area contributed by atoms with Crippen LogP contribution in [0.5, 0.6) is 0 Å². The zero-order valence-corrected chi connectivity index (χ0v) is 16.1. The summed E-state index contributed by atoms with van der Waals surface area (Å²) in [7, 11) is -1.96. The van der Waals surface area contributed by atoms with Gasteiger partial charge in [0.2, 0.25) is 15.6 Å². The highest BCUT2D eigenvalue weighted by Gasteiger charge is 2.55. The quantitative estimate of drug-likeness (QED) is 0.757. The van der Waals surface area contributed by atoms with Gasteiger partial charge in [0.15, 0.2) is 0 Å². The molecule has 1 fully saturated rings. The maximum absolute atomic E-state index is 12.7. The van der Waals surface area contributed by atoms with Crippen molar-refractivity contribution in [1.82, 2.24) is 9.21 Å². The number of halogens is 4. The van der Waals surface area contributed by atoms with Gasteiger partial charge in [-0.3, -0.25) is 4.79 Å². The number of rotatable bonds is 4. The van der Waals surface area contributed by atoms with Crippen LogP contribution in [0.1, 0.15) is 6.92 Å². The molecule has 0 aliphatic carbocycles. The lowest BCUT2D eigenvalue weighted by Crippen LogP contribution is -2.52. The average Bonchev–Trinajstić information content (AvgIpc) is 2.55. The van der Waals surface area contributed by atoms with Gasteiger partial charge in [-0.25, -0.2) is 8.42 Å². The second-order valence-corrected chi connectivity index (χ2v) is 8.72. The Morgan fingerprint density at radius 2 is 1.78 bits per heavy atom. The second-order valence-electron chi connectivity index (χ2n) is 6.37. The molecule has 27 heavy (non-hydrogen) atoms. The van der Waals surface area contributed by atoms with E-state index in [1.165, 1.54) is 4.31 Å². The number of anilines is 1. The first kappa shape index (κ1) is 21.9. The normalized spacial score (nSPS) is 19.5. The van der Waals surface area contributed by atoms with Crippen molar-refractivity contribution in [2.75, 3.05) is 38.5 Å². The number of sulfonamides is 1. The molecule has 2 N–H and O–H groups in total. The molecule has 1 amide bonds.